The summed E-state index contributed by atoms with van der Waals surface area (Å²) in [5.74, 6) is 0. The molecule has 0 fully saturated rings. The van der Waals surface area contributed by atoms with Gasteiger partial charge in [-0.15, -0.1) is 0 Å². The molecule has 1 aliphatic rings. The average Bonchev–Trinajstić information content (AvgIpc) is 2.97. The van der Waals surface area contributed by atoms with Gasteiger partial charge in [0.25, 0.3) is 0 Å². The zero-order chi connectivity index (χ0) is 22.3. The molecule has 0 spiro atoms. The highest BCUT2D eigenvalue weighted by molar-refractivity contribution is 5.78. The van der Waals surface area contributed by atoms with E-state index in [4.69, 9.17) is 0 Å². The smallest absolute Gasteiger partial charge is 0.0610 e. The number of nitrogens with zero attached hydrogens (tertiary/aromatic N) is 2. The summed E-state index contributed by atoms with van der Waals surface area (Å²) >= 11 is 0. The number of benzene rings is 4. The molecule has 4 aromatic rings. The van der Waals surface area contributed by atoms with Crippen LogP contribution in [0.5, 0.6) is 0 Å². The fourth-order valence-corrected chi connectivity index (χ4v) is 5.47. The third kappa shape index (κ3) is 3.18. The highest BCUT2D eigenvalue weighted by Gasteiger charge is 2.49. The second-order valence-corrected chi connectivity index (χ2v) is 9.53. The number of hydrogen-bond donors (Lipinski definition) is 0. The van der Waals surface area contributed by atoms with Crippen LogP contribution < -0.4 is 9.80 Å². The van der Waals surface area contributed by atoms with Gasteiger partial charge in [-0.25, -0.2) is 0 Å². The third-order valence-corrected chi connectivity index (χ3v) is 6.74. The summed E-state index contributed by atoms with van der Waals surface area (Å²) in [6.07, 6.45) is 0. The summed E-state index contributed by atoms with van der Waals surface area (Å²) < 4.78 is 0. The van der Waals surface area contributed by atoms with E-state index >= 15 is 0 Å². The van der Waals surface area contributed by atoms with Crippen LogP contribution in [0, 0.1) is 0 Å². The van der Waals surface area contributed by atoms with Crippen molar-refractivity contribution in [2.75, 3.05) is 9.80 Å². The Hall–Kier alpha value is -3.52. The lowest BCUT2D eigenvalue weighted by Crippen LogP contribution is -2.45. The van der Waals surface area contributed by atoms with Crippen LogP contribution in [-0.4, -0.2) is 0 Å². The zero-order valence-electron chi connectivity index (χ0n) is 19.3. The second-order valence-electron chi connectivity index (χ2n) is 9.53. The van der Waals surface area contributed by atoms with E-state index in [-0.39, 0.29) is 11.1 Å². The first-order valence-electron chi connectivity index (χ1n) is 11.3. The maximum absolute atomic E-state index is 2.56. The molecule has 0 saturated carbocycles. The predicted molar refractivity (Wildman–Crippen MR) is 136 cm³/mol. The van der Waals surface area contributed by atoms with Crippen LogP contribution in [0.15, 0.2) is 109 Å². The first kappa shape index (κ1) is 20.4. The molecule has 0 atom stereocenters. The monoisotopic (exact) mass is 418 g/mol. The number of para-hydroxylation sites is 3. The Balaban J connectivity index is 1.67. The molecule has 0 aromatic heterocycles. The number of anilines is 4. The van der Waals surface area contributed by atoms with E-state index < -0.39 is 0 Å². The van der Waals surface area contributed by atoms with Gasteiger partial charge in [-0.3, -0.25) is 0 Å². The molecule has 0 aliphatic carbocycles. The Morgan fingerprint density at radius 2 is 0.969 bits per heavy atom. The van der Waals surface area contributed by atoms with Gasteiger partial charge in [0.2, 0.25) is 0 Å². The van der Waals surface area contributed by atoms with Crippen LogP contribution >= 0.6 is 0 Å². The van der Waals surface area contributed by atoms with Crippen molar-refractivity contribution in [3.8, 4) is 0 Å². The standard InChI is InChI=1S/C30H30N2/c1-29(2)27-21-20-26(22-28(27)30(3,4)32(29)25-18-12-7-13-19-25)31(23-14-8-5-9-15-23)24-16-10-6-11-17-24/h5-22H,1-4H3. The molecule has 1 heterocycles. The Bertz CT molecular complexity index is 1170. The van der Waals surface area contributed by atoms with Crippen LogP contribution in [0.4, 0.5) is 22.7 Å². The molecule has 2 nitrogen and oxygen atoms in total. The summed E-state index contributed by atoms with van der Waals surface area (Å²) in [5.41, 5.74) is 7.26. The lowest BCUT2D eigenvalue weighted by atomic mass is 9.90. The van der Waals surface area contributed by atoms with Crippen molar-refractivity contribution in [3.05, 3.63) is 120 Å². The zero-order valence-corrected chi connectivity index (χ0v) is 19.3. The molecule has 32 heavy (non-hydrogen) atoms. The maximum atomic E-state index is 2.56. The SMILES string of the molecule is CC1(C)c2ccc(N(c3ccccc3)c3ccccc3)cc2C(C)(C)N1c1ccccc1. The van der Waals surface area contributed by atoms with Gasteiger partial charge >= 0.3 is 0 Å². The van der Waals surface area contributed by atoms with E-state index in [1.807, 2.05) is 0 Å². The lowest BCUT2D eigenvalue weighted by molar-refractivity contribution is 0.403. The summed E-state index contributed by atoms with van der Waals surface area (Å²) in [7, 11) is 0. The van der Waals surface area contributed by atoms with Crippen LogP contribution in [0.3, 0.4) is 0 Å². The van der Waals surface area contributed by atoms with E-state index in [1.54, 1.807) is 0 Å². The van der Waals surface area contributed by atoms with Crippen molar-refractivity contribution in [3.63, 3.8) is 0 Å². The van der Waals surface area contributed by atoms with Gasteiger partial charge in [-0.1, -0.05) is 60.7 Å². The van der Waals surface area contributed by atoms with Gasteiger partial charge in [0.05, 0.1) is 11.1 Å². The van der Waals surface area contributed by atoms with Crippen molar-refractivity contribution >= 4 is 22.7 Å². The normalized spacial score (nSPS) is 15.9. The van der Waals surface area contributed by atoms with Crippen molar-refractivity contribution in [2.45, 2.75) is 38.8 Å². The fourth-order valence-electron chi connectivity index (χ4n) is 5.47. The van der Waals surface area contributed by atoms with Gasteiger partial charge in [0, 0.05) is 22.7 Å². The topological polar surface area (TPSA) is 6.48 Å². The maximum Gasteiger partial charge on any atom is 0.0610 e. The molecule has 5 rings (SSSR count). The number of fused-ring (bicyclic) bond motifs is 1. The minimum absolute atomic E-state index is 0.108. The van der Waals surface area contributed by atoms with Crippen molar-refractivity contribution < 1.29 is 0 Å². The third-order valence-electron chi connectivity index (χ3n) is 6.74. The van der Waals surface area contributed by atoms with Crippen LogP contribution in [0.2, 0.25) is 0 Å². The van der Waals surface area contributed by atoms with Crippen molar-refractivity contribution in [2.24, 2.45) is 0 Å². The molecule has 4 aromatic carbocycles. The minimum atomic E-state index is -0.144. The van der Waals surface area contributed by atoms with Crippen LogP contribution in [0.25, 0.3) is 0 Å². The van der Waals surface area contributed by atoms with Crippen LogP contribution in [-0.2, 0) is 11.1 Å². The van der Waals surface area contributed by atoms with Gasteiger partial charge in [-0.2, -0.15) is 0 Å². The van der Waals surface area contributed by atoms with Gasteiger partial charge < -0.3 is 9.80 Å². The second kappa shape index (κ2) is 7.56. The van der Waals surface area contributed by atoms with E-state index in [0.717, 1.165) is 11.4 Å². The van der Waals surface area contributed by atoms with E-state index in [1.165, 1.54) is 22.5 Å². The molecule has 0 radical (unpaired) electrons. The van der Waals surface area contributed by atoms with E-state index in [0.29, 0.717) is 0 Å². The first-order chi connectivity index (χ1) is 15.4. The lowest BCUT2D eigenvalue weighted by Gasteiger charge is -2.43. The predicted octanol–water partition coefficient (Wildman–Crippen LogP) is 8.15. The minimum Gasteiger partial charge on any atom is -0.353 e. The summed E-state index contributed by atoms with van der Waals surface area (Å²) in [6.45, 7) is 9.35. The molecule has 0 amide bonds. The quantitative estimate of drug-likeness (QED) is 0.330. The summed E-state index contributed by atoms with van der Waals surface area (Å²) in [4.78, 5) is 4.90. The largest absolute Gasteiger partial charge is 0.353 e. The van der Waals surface area contributed by atoms with E-state index in [2.05, 4.69) is 147 Å². The molecule has 2 heteroatoms. The molecule has 0 bridgehead atoms. The highest BCUT2D eigenvalue weighted by atomic mass is 15.3. The Morgan fingerprint density at radius 3 is 1.50 bits per heavy atom. The Labute approximate surface area is 191 Å². The van der Waals surface area contributed by atoms with Gasteiger partial charge in [0.15, 0.2) is 0 Å². The summed E-state index contributed by atoms with van der Waals surface area (Å²) in [5, 5.41) is 0. The van der Waals surface area contributed by atoms with Crippen molar-refractivity contribution in [1.82, 2.24) is 0 Å². The van der Waals surface area contributed by atoms with Crippen LogP contribution in [0.1, 0.15) is 38.8 Å². The highest BCUT2D eigenvalue weighted by Crippen LogP contribution is 2.53. The molecule has 160 valence electrons. The fraction of sp³-hybridized carbons (Fsp3) is 0.200. The first-order valence-corrected chi connectivity index (χ1v) is 11.3. The van der Waals surface area contributed by atoms with Gasteiger partial charge in [0.1, 0.15) is 0 Å². The molecule has 0 saturated heterocycles. The molecule has 1 aliphatic heterocycles. The molecule has 0 N–H and O–H groups in total. The molecule has 0 unspecified atom stereocenters. The number of rotatable bonds is 4. The molecular weight excluding hydrogens is 388 g/mol. The number of hydrogen-bond acceptors (Lipinski definition) is 2. The van der Waals surface area contributed by atoms with Crippen molar-refractivity contribution in [1.29, 1.82) is 0 Å². The average molecular weight is 419 g/mol. The van der Waals surface area contributed by atoms with Gasteiger partial charge in [-0.05, 0) is 87.4 Å². The summed E-state index contributed by atoms with van der Waals surface area (Å²) in [6, 6.07) is 39.0. The Kier molecular flexibility index (Phi) is 4.82. The van der Waals surface area contributed by atoms with E-state index in [9.17, 15) is 0 Å². The Morgan fingerprint density at radius 1 is 0.500 bits per heavy atom. The molecular formula is C30H30N2.